The first-order chi connectivity index (χ1) is 6.11. The van der Waals surface area contributed by atoms with Crippen molar-refractivity contribution in [2.75, 3.05) is 13.2 Å². The largest absolute Gasteiger partial charge is 0.466 e. The summed E-state index contributed by atoms with van der Waals surface area (Å²) in [6.07, 6.45) is 1.26. The van der Waals surface area contributed by atoms with E-state index >= 15 is 0 Å². The van der Waals surface area contributed by atoms with Crippen LogP contribution in [0.3, 0.4) is 0 Å². The highest BCUT2D eigenvalue weighted by atomic mass is 16.6. The van der Waals surface area contributed by atoms with Gasteiger partial charge in [-0.15, -0.1) is 0 Å². The minimum Gasteiger partial charge on any atom is -0.466 e. The van der Waals surface area contributed by atoms with E-state index in [0.29, 0.717) is 6.42 Å². The number of hydrogen-bond donors (Lipinski definition) is 0. The van der Waals surface area contributed by atoms with Crippen molar-refractivity contribution in [1.82, 2.24) is 0 Å². The van der Waals surface area contributed by atoms with Crippen molar-refractivity contribution in [2.24, 2.45) is 5.92 Å². The molecule has 0 bridgehead atoms. The maximum atomic E-state index is 11.1. The summed E-state index contributed by atoms with van der Waals surface area (Å²) < 4.78 is 4.71. The van der Waals surface area contributed by atoms with Gasteiger partial charge in [-0.3, -0.25) is 14.9 Å². The van der Waals surface area contributed by atoms with Gasteiger partial charge in [0.25, 0.3) is 0 Å². The molecule has 76 valence electrons. The van der Waals surface area contributed by atoms with Gasteiger partial charge in [0.2, 0.25) is 6.54 Å². The number of hydrogen-bond acceptors (Lipinski definition) is 4. The molecule has 0 saturated carbocycles. The molecule has 0 amide bonds. The van der Waals surface area contributed by atoms with Crippen LogP contribution in [0.5, 0.6) is 0 Å². The van der Waals surface area contributed by atoms with Crippen molar-refractivity contribution in [2.45, 2.75) is 26.7 Å². The first kappa shape index (κ1) is 11.9. The summed E-state index contributed by atoms with van der Waals surface area (Å²) in [7, 11) is 0. The maximum Gasteiger partial charge on any atom is 0.315 e. The number of nitro groups is 1. The molecule has 0 aromatic heterocycles. The van der Waals surface area contributed by atoms with Crippen molar-refractivity contribution in [3.8, 4) is 0 Å². The Balaban J connectivity index is 4.06. The second-order valence-corrected chi connectivity index (χ2v) is 2.75. The molecule has 0 heterocycles. The molecule has 13 heavy (non-hydrogen) atoms. The third kappa shape index (κ3) is 5.16. The summed E-state index contributed by atoms with van der Waals surface area (Å²) in [5, 5.41) is 10.2. The smallest absolute Gasteiger partial charge is 0.315 e. The summed E-state index contributed by atoms with van der Waals surface area (Å²) in [6, 6.07) is 0. The summed E-state index contributed by atoms with van der Waals surface area (Å²) in [5.74, 6) is -1.04. The van der Waals surface area contributed by atoms with Crippen LogP contribution in [0.25, 0.3) is 0 Å². The second-order valence-electron chi connectivity index (χ2n) is 2.75. The van der Waals surface area contributed by atoms with Crippen LogP contribution in [0.15, 0.2) is 0 Å². The Labute approximate surface area is 77.2 Å². The zero-order valence-corrected chi connectivity index (χ0v) is 7.99. The van der Waals surface area contributed by atoms with Crippen molar-refractivity contribution in [3.63, 3.8) is 0 Å². The first-order valence-corrected chi connectivity index (χ1v) is 4.40. The summed E-state index contributed by atoms with van der Waals surface area (Å²) in [5.41, 5.74) is 0. The molecule has 0 radical (unpaired) electrons. The molecule has 0 aromatic rings. The number of rotatable bonds is 6. The average Bonchev–Trinajstić information content (AvgIpc) is 2.03. The molecule has 1 atom stereocenters. The van der Waals surface area contributed by atoms with Gasteiger partial charge in [0.15, 0.2) is 0 Å². The molecular formula is C8H15NO4. The van der Waals surface area contributed by atoms with Gasteiger partial charge in [-0.2, -0.15) is 0 Å². The van der Waals surface area contributed by atoms with Crippen LogP contribution in [0.4, 0.5) is 0 Å². The molecule has 0 saturated heterocycles. The fraction of sp³-hybridized carbons (Fsp3) is 0.875. The van der Waals surface area contributed by atoms with E-state index in [-0.39, 0.29) is 13.2 Å². The SMILES string of the molecule is CCCC(C[N+](=O)[O-])C(=O)OCC. The molecule has 5 heteroatoms. The summed E-state index contributed by atoms with van der Waals surface area (Å²) in [4.78, 5) is 20.9. The lowest BCUT2D eigenvalue weighted by atomic mass is 10.0. The van der Waals surface area contributed by atoms with Crippen LogP contribution in [-0.4, -0.2) is 24.0 Å². The molecule has 0 rings (SSSR count). The Kier molecular flexibility index (Phi) is 5.84. The summed E-state index contributed by atoms with van der Waals surface area (Å²) >= 11 is 0. The number of nitrogens with zero attached hydrogens (tertiary/aromatic N) is 1. The van der Waals surface area contributed by atoms with Crippen molar-refractivity contribution < 1.29 is 14.5 Å². The van der Waals surface area contributed by atoms with E-state index in [9.17, 15) is 14.9 Å². The lowest BCUT2D eigenvalue weighted by Crippen LogP contribution is -2.25. The number of carbonyl (C=O) groups excluding carboxylic acids is 1. The van der Waals surface area contributed by atoms with E-state index in [2.05, 4.69) is 0 Å². The number of carbonyl (C=O) groups is 1. The predicted octanol–water partition coefficient (Wildman–Crippen LogP) is 1.24. The Morgan fingerprint density at radius 1 is 1.54 bits per heavy atom. The molecular weight excluding hydrogens is 174 g/mol. The van der Waals surface area contributed by atoms with Crippen LogP contribution in [0, 0.1) is 16.0 Å². The van der Waals surface area contributed by atoms with Crippen molar-refractivity contribution in [3.05, 3.63) is 10.1 Å². The van der Waals surface area contributed by atoms with Gasteiger partial charge >= 0.3 is 5.97 Å². The highest BCUT2D eigenvalue weighted by molar-refractivity contribution is 5.72. The minimum absolute atomic E-state index is 0.275. The molecule has 0 aliphatic carbocycles. The fourth-order valence-electron chi connectivity index (χ4n) is 1.07. The van der Waals surface area contributed by atoms with Gasteiger partial charge in [0.05, 0.1) is 6.61 Å². The quantitative estimate of drug-likeness (QED) is 0.358. The third-order valence-electron chi connectivity index (χ3n) is 1.63. The Hall–Kier alpha value is -1.13. The number of esters is 1. The van der Waals surface area contributed by atoms with Crippen molar-refractivity contribution >= 4 is 5.97 Å². The van der Waals surface area contributed by atoms with E-state index in [1.807, 2.05) is 6.92 Å². The van der Waals surface area contributed by atoms with Crippen LogP contribution in [-0.2, 0) is 9.53 Å². The number of ether oxygens (including phenoxy) is 1. The van der Waals surface area contributed by atoms with Gasteiger partial charge in [-0.25, -0.2) is 0 Å². The third-order valence-corrected chi connectivity index (χ3v) is 1.63. The van der Waals surface area contributed by atoms with Gasteiger partial charge in [-0.05, 0) is 13.3 Å². The van der Waals surface area contributed by atoms with Crippen LogP contribution in [0.2, 0.25) is 0 Å². The molecule has 0 N–H and O–H groups in total. The van der Waals surface area contributed by atoms with Crippen molar-refractivity contribution in [1.29, 1.82) is 0 Å². The zero-order valence-electron chi connectivity index (χ0n) is 7.99. The molecule has 0 aromatic carbocycles. The van der Waals surface area contributed by atoms with Crippen LogP contribution < -0.4 is 0 Å². The van der Waals surface area contributed by atoms with Gasteiger partial charge in [-0.1, -0.05) is 13.3 Å². The second kappa shape index (κ2) is 6.39. The standard InChI is InChI=1S/C8H15NO4/c1-3-5-7(6-9(11)12)8(10)13-4-2/h7H,3-6H2,1-2H3. The normalized spacial score (nSPS) is 12.2. The van der Waals surface area contributed by atoms with E-state index in [1.165, 1.54) is 0 Å². The lowest BCUT2D eigenvalue weighted by molar-refractivity contribution is -0.486. The molecule has 1 unspecified atom stereocenters. The average molecular weight is 189 g/mol. The van der Waals surface area contributed by atoms with E-state index in [4.69, 9.17) is 4.74 Å². The van der Waals surface area contributed by atoms with E-state index in [1.54, 1.807) is 6.92 Å². The minimum atomic E-state index is -0.583. The monoisotopic (exact) mass is 189 g/mol. The molecule has 0 fully saturated rings. The van der Waals surface area contributed by atoms with E-state index < -0.39 is 16.8 Å². The zero-order chi connectivity index (χ0) is 10.3. The molecule has 5 nitrogen and oxygen atoms in total. The fourth-order valence-corrected chi connectivity index (χ4v) is 1.07. The first-order valence-electron chi connectivity index (χ1n) is 4.40. The maximum absolute atomic E-state index is 11.1. The van der Waals surface area contributed by atoms with Gasteiger partial charge in [0, 0.05) is 4.92 Å². The lowest BCUT2D eigenvalue weighted by Gasteiger charge is -2.09. The van der Waals surface area contributed by atoms with Crippen LogP contribution in [0.1, 0.15) is 26.7 Å². The highest BCUT2D eigenvalue weighted by Crippen LogP contribution is 2.08. The Morgan fingerprint density at radius 2 is 2.15 bits per heavy atom. The Morgan fingerprint density at radius 3 is 2.54 bits per heavy atom. The molecule has 0 aliphatic rings. The molecule has 0 spiro atoms. The molecule has 0 aliphatic heterocycles. The van der Waals surface area contributed by atoms with Gasteiger partial charge < -0.3 is 4.74 Å². The van der Waals surface area contributed by atoms with Gasteiger partial charge in [0.1, 0.15) is 5.92 Å². The topological polar surface area (TPSA) is 69.4 Å². The predicted molar refractivity (Wildman–Crippen MR) is 46.9 cm³/mol. The van der Waals surface area contributed by atoms with E-state index in [0.717, 1.165) is 6.42 Å². The highest BCUT2D eigenvalue weighted by Gasteiger charge is 2.23. The Bertz CT molecular complexity index is 181. The van der Waals surface area contributed by atoms with Crippen LogP contribution >= 0.6 is 0 Å². The summed E-state index contributed by atoms with van der Waals surface area (Å²) in [6.45, 7) is 3.52.